The molecule has 8 heteroatoms. The molecule has 0 saturated carbocycles. The smallest absolute Gasteiger partial charge is 0.306 e. The minimum absolute atomic E-state index is 0.166. The zero-order valence-corrected chi connectivity index (χ0v) is 12.1. The Morgan fingerprint density at radius 2 is 2.10 bits per heavy atom. The van der Waals surface area contributed by atoms with Crippen LogP contribution in [-0.2, 0) is 16.0 Å². The molecule has 0 N–H and O–H groups in total. The highest BCUT2D eigenvalue weighted by Crippen LogP contribution is 2.21. The van der Waals surface area contributed by atoms with Gasteiger partial charge in [-0.3, -0.25) is 4.79 Å². The minimum Gasteiger partial charge on any atom is -0.453 e. The zero-order valence-electron chi connectivity index (χ0n) is 11.3. The van der Waals surface area contributed by atoms with Gasteiger partial charge in [-0.25, -0.2) is 0 Å². The zero-order chi connectivity index (χ0) is 14.7. The summed E-state index contributed by atoms with van der Waals surface area (Å²) in [7, 11) is 0. The van der Waals surface area contributed by atoms with Crippen LogP contribution in [-0.4, -0.2) is 21.3 Å². The quantitative estimate of drug-likeness (QED) is 0.783. The molecule has 0 amide bonds. The van der Waals surface area contributed by atoms with Crippen LogP contribution in [0.15, 0.2) is 9.05 Å². The Balaban J connectivity index is 1.87. The molecule has 1 atom stereocenters. The lowest BCUT2D eigenvalue weighted by Crippen LogP contribution is -2.10. The van der Waals surface area contributed by atoms with Gasteiger partial charge in [0.15, 0.2) is 11.9 Å². The first-order valence-electron chi connectivity index (χ1n) is 6.07. The molecule has 0 spiro atoms. The van der Waals surface area contributed by atoms with E-state index in [9.17, 15) is 4.79 Å². The van der Waals surface area contributed by atoms with E-state index in [1.807, 2.05) is 0 Å². The number of carbonyl (C=O) groups excluding carboxylic acids is 1. The van der Waals surface area contributed by atoms with Crippen LogP contribution in [0.3, 0.4) is 0 Å². The van der Waals surface area contributed by atoms with E-state index in [2.05, 4.69) is 15.3 Å². The third-order valence-electron chi connectivity index (χ3n) is 2.72. The molecule has 0 saturated heterocycles. The molecule has 0 radical (unpaired) electrons. The van der Waals surface area contributed by atoms with Crippen molar-refractivity contribution in [2.75, 3.05) is 0 Å². The van der Waals surface area contributed by atoms with Crippen molar-refractivity contribution >= 4 is 17.6 Å². The largest absolute Gasteiger partial charge is 0.453 e. The molecule has 108 valence electrons. The number of hydrogen-bond donors (Lipinski definition) is 0. The van der Waals surface area contributed by atoms with Crippen molar-refractivity contribution in [2.24, 2.45) is 0 Å². The van der Waals surface area contributed by atoms with E-state index in [4.69, 9.17) is 25.4 Å². The molecule has 20 heavy (non-hydrogen) atoms. The highest BCUT2D eigenvalue weighted by atomic mass is 35.5. The topological polar surface area (TPSA) is 91.2 Å². The molecule has 1 unspecified atom stereocenters. The molecule has 0 aromatic carbocycles. The number of aromatic nitrogens is 3. The number of halogens is 1. The summed E-state index contributed by atoms with van der Waals surface area (Å²) in [6.07, 6.45) is -0.00955. The van der Waals surface area contributed by atoms with Gasteiger partial charge in [-0.2, -0.15) is 4.98 Å². The molecule has 2 aromatic heterocycles. The monoisotopic (exact) mass is 299 g/mol. The van der Waals surface area contributed by atoms with Gasteiger partial charge in [-0.05, 0) is 38.8 Å². The summed E-state index contributed by atoms with van der Waals surface area (Å²) in [6.45, 7) is 5.13. The highest BCUT2D eigenvalue weighted by molar-refractivity contribution is 6.29. The Morgan fingerprint density at radius 1 is 1.35 bits per heavy atom. The first-order valence-corrected chi connectivity index (χ1v) is 6.45. The van der Waals surface area contributed by atoms with Crippen molar-refractivity contribution in [3.63, 3.8) is 0 Å². The molecule has 2 rings (SSSR count). The molecule has 7 nitrogen and oxygen atoms in total. The van der Waals surface area contributed by atoms with Crippen molar-refractivity contribution in [3.05, 3.63) is 28.2 Å². The fraction of sp³-hybridized carbons (Fsp3) is 0.500. The minimum atomic E-state index is -0.581. The summed E-state index contributed by atoms with van der Waals surface area (Å²) in [4.78, 5) is 15.7. The number of ether oxygens (including phenoxy) is 1. The van der Waals surface area contributed by atoms with Gasteiger partial charge in [0.25, 0.3) is 5.89 Å². The summed E-state index contributed by atoms with van der Waals surface area (Å²) >= 11 is 5.82. The van der Waals surface area contributed by atoms with E-state index in [0.717, 1.165) is 0 Å². The van der Waals surface area contributed by atoms with E-state index in [1.54, 1.807) is 20.8 Å². The fourth-order valence-corrected chi connectivity index (χ4v) is 1.92. The molecule has 2 aromatic rings. The Bertz CT molecular complexity index is 588. The van der Waals surface area contributed by atoms with Crippen molar-refractivity contribution in [1.29, 1.82) is 0 Å². The third kappa shape index (κ3) is 3.36. The Hall–Kier alpha value is -1.89. The summed E-state index contributed by atoms with van der Waals surface area (Å²) in [5, 5.41) is 7.56. The van der Waals surface area contributed by atoms with Gasteiger partial charge in [-0.15, -0.1) is 0 Å². The number of nitrogens with zero attached hydrogens (tertiary/aromatic N) is 3. The molecule has 0 fully saturated rings. The molecule has 2 heterocycles. The van der Waals surface area contributed by atoms with Gasteiger partial charge in [-0.1, -0.05) is 10.3 Å². The van der Waals surface area contributed by atoms with E-state index in [1.165, 1.54) is 0 Å². The molecule has 0 bridgehead atoms. The maximum atomic E-state index is 11.7. The number of esters is 1. The second-order valence-corrected chi connectivity index (χ2v) is 4.68. The van der Waals surface area contributed by atoms with E-state index in [-0.39, 0.29) is 23.5 Å². The van der Waals surface area contributed by atoms with Gasteiger partial charge in [0.2, 0.25) is 5.22 Å². The van der Waals surface area contributed by atoms with Crippen LogP contribution in [0.5, 0.6) is 0 Å². The summed E-state index contributed by atoms with van der Waals surface area (Å²) in [6, 6.07) is 0. The SMILES string of the molecule is Cc1noc(C(C)OC(=O)CCc2c(C)noc2Cl)n1. The van der Waals surface area contributed by atoms with Crippen LogP contribution in [0.25, 0.3) is 0 Å². The lowest BCUT2D eigenvalue weighted by molar-refractivity contribution is -0.149. The Morgan fingerprint density at radius 3 is 2.65 bits per heavy atom. The van der Waals surface area contributed by atoms with Crippen LogP contribution in [0.2, 0.25) is 5.22 Å². The van der Waals surface area contributed by atoms with Gasteiger partial charge in [0.1, 0.15) is 0 Å². The first-order chi connectivity index (χ1) is 9.47. The second kappa shape index (κ2) is 6.04. The Labute approximate surface area is 120 Å². The number of carbonyl (C=O) groups is 1. The summed E-state index contributed by atoms with van der Waals surface area (Å²) in [5.41, 5.74) is 1.38. The van der Waals surface area contributed by atoms with Crippen molar-refractivity contribution in [2.45, 2.75) is 39.7 Å². The van der Waals surface area contributed by atoms with Gasteiger partial charge < -0.3 is 13.8 Å². The molecular formula is C12H14ClN3O4. The lowest BCUT2D eigenvalue weighted by Gasteiger charge is -2.08. The van der Waals surface area contributed by atoms with Crippen LogP contribution >= 0.6 is 11.6 Å². The molecule has 0 aliphatic rings. The fourth-order valence-electron chi connectivity index (χ4n) is 1.65. The van der Waals surface area contributed by atoms with Crippen LogP contribution in [0.1, 0.15) is 42.4 Å². The number of aryl methyl sites for hydroxylation is 2. The van der Waals surface area contributed by atoms with E-state index < -0.39 is 6.10 Å². The average Bonchev–Trinajstić information content (AvgIpc) is 2.95. The summed E-state index contributed by atoms with van der Waals surface area (Å²) in [5.74, 6) is 0.384. The molecule has 0 aliphatic heterocycles. The standard InChI is InChI=1S/C12H14ClN3O4/c1-6-9(11(13)19-15-6)4-5-10(17)18-7(2)12-14-8(3)16-20-12/h7H,4-5H2,1-3H3. The van der Waals surface area contributed by atoms with Gasteiger partial charge in [0.05, 0.1) is 5.69 Å². The van der Waals surface area contributed by atoms with Crippen molar-refractivity contribution in [1.82, 2.24) is 15.3 Å². The first kappa shape index (κ1) is 14.5. The highest BCUT2D eigenvalue weighted by Gasteiger charge is 2.19. The predicted molar refractivity (Wildman–Crippen MR) is 68.1 cm³/mol. The second-order valence-electron chi connectivity index (χ2n) is 4.33. The maximum Gasteiger partial charge on any atom is 0.306 e. The summed E-state index contributed by atoms with van der Waals surface area (Å²) < 4.78 is 14.9. The van der Waals surface area contributed by atoms with Gasteiger partial charge in [0, 0.05) is 12.0 Å². The Kier molecular flexibility index (Phi) is 4.39. The van der Waals surface area contributed by atoms with Crippen LogP contribution in [0.4, 0.5) is 0 Å². The number of rotatable bonds is 5. The van der Waals surface area contributed by atoms with Crippen molar-refractivity contribution in [3.8, 4) is 0 Å². The van der Waals surface area contributed by atoms with Gasteiger partial charge >= 0.3 is 5.97 Å². The lowest BCUT2D eigenvalue weighted by atomic mass is 10.1. The average molecular weight is 300 g/mol. The van der Waals surface area contributed by atoms with Crippen LogP contribution < -0.4 is 0 Å². The van der Waals surface area contributed by atoms with E-state index in [0.29, 0.717) is 23.5 Å². The number of hydrogen-bond acceptors (Lipinski definition) is 7. The molecular weight excluding hydrogens is 286 g/mol. The third-order valence-corrected chi connectivity index (χ3v) is 3.01. The van der Waals surface area contributed by atoms with Crippen LogP contribution in [0, 0.1) is 13.8 Å². The molecule has 0 aliphatic carbocycles. The van der Waals surface area contributed by atoms with E-state index >= 15 is 0 Å². The predicted octanol–water partition coefficient (Wildman–Crippen LogP) is 2.56. The van der Waals surface area contributed by atoms with Crippen molar-refractivity contribution < 1.29 is 18.6 Å². The normalized spacial score (nSPS) is 12.4. The maximum absolute atomic E-state index is 11.7.